The fourth-order valence-corrected chi connectivity index (χ4v) is 3.16. The largest absolute Gasteiger partial charge is 0.350 e. The molecule has 1 aromatic heterocycles. The highest BCUT2D eigenvalue weighted by Crippen LogP contribution is 2.30. The minimum Gasteiger partial charge on any atom is -0.350 e. The number of ether oxygens (including phenoxy) is 1. The Labute approximate surface area is 144 Å². The van der Waals surface area contributed by atoms with E-state index in [0.29, 0.717) is 18.4 Å². The topological polar surface area (TPSA) is 30.3 Å². The number of imidazole rings is 1. The van der Waals surface area contributed by atoms with Gasteiger partial charge in [0.15, 0.2) is 0 Å². The van der Waals surface area contributed by atoms with Crippen molar-refractivity contribution in [2.24, 2.45) is 0 Å². The third-order valence-corrected chi connectivity index (χ3v) is 4.57. The monoisotopic (exact) mass is 347 g/mol. The molecule has 0 spiro atoms. The summed E-state index contributed by atoms with van der Waals surface area (Å²) in [5.74, 6) is 0.915. The Balaban J connectivity index is 1.80. The van der Waals surface area contributed by atoms with Gasteiger partial charge < -0.3 is 14.2 Å². The summed E-state index contributed by atoms with van der Waals surface area (Å²) in [6.07, 6.45) is -0.0847. The Bertz CT molecular complexity index is 860. The molecule has 1 unspecified atom stereocenters. The molecule has 2 heterocycles. The lowest BCUT2D eigenvalue weighted by molar-refractivity contribution is 0.0678. The number of aromatic nitrogens is 2. The summed E-state index contributed by atoms with van der Waals surface area (Å²) in [4.78, 5) is 6.85. The highest BCUT2D eigenvalue weighted by Gasteiger charge is 2.23. The van der Waals surface area contributed by atoms with Crippen LogP contribution in [-0.4, -0.2) is 16.3 Å². The number of hydrogen-bond donors (Lipinski definition) is 0. The highest BCUT2D eigenvalue weighted by atomic mass is 35.5. The van der Waals surface area contributed by atoms with Crippen molar-refractivity contribution < 1.29 is 4.74 Å². The van der Waals surface area contributed by atoms with Crippen LogP contribution in [0.25, 0.3) is 11.0 Å². The third kappa shape index (κ3) is 2.67. The first-order chi connectivity index (χ1) is 11.1. The number of fused-ring (bicyclic) bond motifs is 3. The van der Waals surface area contributed by atoms with Gasteiger partial charge in [0, 0.05) is 15.7 Å². The van der Waals surface area contributed by atoms with Gasteiger partial charge in [0.2, 0.25) is 0 Å². The number of rotatable bonds is 1. The maximum atomic E-state index is 6.17. The maximum absolute atomic E-state index is 6.17. The molecule has 23 heavy (non-hydrogen) atoms. The normalized spacial score (nSPS) is 18.0. The second kappa shape index (κ2) is 5.71. The Morgan fingerprint density at radius 1 is 1.09 bits per heavy atom. The van der Waals surface area contributed by atoms with Crippen molar-refractivity contribution >= 4 is 39.9 Å². The van der Waals surface area contributed by atoms with E-state index in [9.17, 15) is 0 Å². The van der Waals surface area contributed by atoms with Crippen LogP contribution in [0.3, 0.4) is 0 Å². The van der Waals surface area contributed by atoms with E-state index in [4.69, 9.17) is 32.9 Å². The summed E-state index contributed by atoms with van der Waals surface area (Å²) >= 11 is 12.2. The van der Waals surface area contributed by atoms with E-state index >= 15 is 0 Å². The van der Waals surface area contributed by atoms with Crippen molar-refractivity contribution in [3.05, 3.63) is 58.3 Å². The summed E-state index contributed by atoms with van der Waals surface area (Å²) in [6, 6.07) is 13.5. The summed E-state index contributed by atoms with van der Waals surface area (Å²) in [7, 11) is 0. The van der Waals surface area contributed by atoms with E-state index in [1.165, 1.54) is 0 Å². The molecule has 0 amide bonds. The van der Waals surface area contributed by atoms with Crippen molar-refractivity contribution in [2.45, 2.75) is 19.7 Å². The Morgan fingerprint density at radius 2 is 1.83 bits per heavy atom. The van der Waals surface area contributed by atoms with Crippen LogP contribution in [0.1, 0.15) is 18.9 Å². The number of benzene rings is 2. The fraction of sp³-hybridized carbons (Fsp3) is 0.235. The average molecular weight is 348 g/mol. The second-order valence-electron chi connectivity index (χ2n) is 5.63. The van der Waals surface area contributed by atoms with Crippen molar-refractivity contribution in [3.63, 3.8) is 0 Å². The summed E-state index contributed by atoms with van der Waals surface area (Å²) < 4.78 is 8.12. The summed E-state index contributed by atoms with van der Waals surface area (Å²) in [6.45, 7) is 3.16. The first-order valence-electron chi connectivity index (χ1n) is 7.39. The number of hydrogen-bond acceptors (Lipinski definition) is 3. The molecule has 4 rings (SSSR count). The summed E-state index contributed by atoms with van der Waals surface area (Å²) in [5, 5.41) is 1.43. The molecule has 0 radical (unpaired) electrons. The first-order valence-corrected chi connectivity index (χ1v) is 8.15. The molecule has 6 heteroatoms. The zero-order valence-corrected chi connectivity index (χ0v) is 14.1. The van der Waals surface area contributed by atoms with Crippen LogP contribution >= 0.6 is 23.2 Å². The minimum atomic E-state index is -0.0847. The lowest BCUT2D eigenvalue weighted by atomic mass is 10.3. The predicted molar refractivity (Wildman–Crippen MR) is 93.0 cm³/mol. The van der Waals surface area contributed by atoms with Crippen molar-refractivity contribution in [1.29, 1.82) is 0 Å². The van der Waals surface area contributed by atoms with Gasteiger partial charge in [-0.3, -0.25) is 0 Å². The number of anilines is 1. The highest BCUT2D eigenvalue weighted by molar-refractivity contribution is 6.31. The molecule has 0 bridgehead atoms. The minimum absolute atomic E-state index is 0.0847. The molecule has 0 fully saturated rings. The van der Waals surface area contributed by atoms with Gasteiger partial charge >= 0.3 is 0 Å². The molecule has 2 aromatic carbocycles. The number of nitrogens with zero attached hydrogens (tertiary/aromatic N) is 3. The van der Waals surface area contributed by atoms with Gasteiger partial charge in [-0.05, 0) is 49.4 Å². The van der Waals surface area contributed by atoms with Gasteiger partial charge in [0.25, 0.3) is 0 Å². The lowest BCUT2D eigenvalue weighted by Gasteiger charge is -2.23. The zero-order chi connectivity index (χ0) is 16.0. The van der Waals surface area contributed by atoms with Gasteiger partial charge in [0.1, 0.15) is 18.7 Å². The van der Waals surface area contributed by atoms with E-state index in [1.807, 2.05) is 49.4 Å². The molecule has 118 valence electrons. The van der Waals surface area contributed by atoms with Crippen molar-refractivity contribution in [2.75, 3.05) is 11.6 Å². The lowest BCUT2D eigenvalue weighted by Crippen LogP contribution is -2.26. The van der Waals surface area contributed by atoms with Gasteiger partial charge in [-0.15, -0.1) is 0 Å². The summed E-state index contributed by atoms with van der Waals surface area (Å²) in [5.41, 5.74) is 3.00. The molecule has 0 aliphatic carbocycles. The standard InChI is InChI=1S/C17H15Cl2N3O/c1-11-17-20-15-7-4-13(19)8-16(15)22(17)9-21(10-23-11)14-5-2-12(18)3-6-14/h2-8,11H,9-10H2,1H3. The third-order valence-electron chi connectivity index (χ3n) is 4.09. The van der Waals surface area contributed by atoms with Crippen LogP contribution in [0.2, 0.25) is 10.0 Å². The first kappa shape index (κ1) is 14.8. The number of halogens is 2. The Hall–Kier alpha value is -1.75. The van der Waals surface area contributed by atoms with Crippen LogP contribution in [0.15, 0.2) is 42.5 Å². The fourth-order valence-electron chi connectivity index (χ4n) is 2.87. The maximum Gasteiger partial charge on any atom is 0.140 e. The van der Waals surface area contributed by atoms with E-state index in [0.717, 1.165) is 27.6 Å². The van der Waals surface area contributed by atoms with E-state index in [1.54, 1.807) is 0 Å². The predicted octanol–water partition coefficient (Wildman–Crippen LogP) is 4.86. The molecule has 1 aliphatic heterocycles. The Morgan fingerprint density at radius 3 is 2.61 bits per heavy atom. The second-order valence-corrected chi connectivity index (χ2v) is 6.50. The molecule has 1 aliphatic rings. The van der Waals surface area contributed by atoms with Crippen LogP contribution in [0.5, 0.6) is 0 Å². The molecule has 0 N–H and O–H groups in total. The quantitative estimate of drug-likeness (QED) is 0.629. The van der Waals surface area contributed by atoms with Gasteiger partial charge in [-0.25, -0.2) is 4.98 Å². The molecular formula is C17H15Cl2N3O. The van der Waals surface area contributed by atoms with Crippen molar-refractivity contribution in [1.82, 2.24) is 9.55 Å². The molecule has 0 saturated heterocycles. The van der Waals surface area contributed by atoms with E-state index in [2.05, 4.69) is 9.47 Å². The van der Waals surface area contributed by atoms with Crippen LogP contribution in [0, 0.1) is 0 Å². The zero-order valence-electron chi connectivity index (χ0n) is 12.5. The van der Waals surface area contributed by atoms with Crippen LogP contribution in [-0.2, 0) is 11.4 Å². The van der Waals surface area contributed by atoms with Gasteiger partial charge in [-0.1, -0.05) is 23.2 Å². The van der Waals surface area contributed by atoms with Crippen LogP contribution < -0.4 is 4.90 Å². The molecule has 3 aromatic rings. The molecule has 0 saturated carbocycles. The van der Waals surface area contributed by atoms with E-state index in [-0.39, 0.29) is 6.10 Å². The van der Waals surface area contributed by atoms with Crippen molar-refractivity contribution in [3.8, 4) is 0 Å². The molecular weight excluding hydrogens is 333 g/mol. The van der Waals surface area contributed by atoms with Gasteiger partial charge in [0.05, 0.1) is 17.7 Å². The van der Waals surface area contributed by atoms with Crippen LogP contribution in [0.4, 0.5) is 5.69 Å². The van der Waals surface area contributed by atoms with Gasteiger partial charge in [-0.2, -0.15) is 0 Å². The Kier molecular flexibility index (Phi) is 3.68. The van der Waals surface area contributed by atoms with E-state index < -0.39 is 0 Å². The smallest absolute Gasteiger partial charge is 0.140 e. The molecule has 4 nitrogen and oxygen atoms in total. The SMILES string of the molecule is CC1OCN(c2ccc(Cl)cc2)Cn2c1nc1ccc(Cl)cc12. The molecule has 1 atom stereocenters. The average Bonchev–Trinajstić information content (AvgIpc) is 2.81.